The van der Waals surface area contributed by atoms with E-state index in [-0.39, 0.29) is 37.3 Å². The fourth-order valence-electron chi connectivity index (χ4n) is 5.71. The number of carbonyl (C=O) groups excluding carboxylic acids is 1. The van der Waals surface area contributed by atoms with Gasteiger partial charge < -0.3 is 29.7 Å². The zero-order chi connectivity index (χ0) is 29.6. The number of nitriles is 1. The molecule has 2 saturated heterocycles. The second-order valence-corrected chi connectivity index (χ2v) is 10.4. The summed E-state index contributed by atoms with van der Waals surface area (Å²) in [5, 5.41) is 23.7. The fraction of sp³-hybridized carbons (Fsp3) is 0.433. The highest BCUT2D eigenvalue weighted by Gasteiger charge is 2.32. The summed E-state index contributed by atoms with van der Waals surface area (Å²) in [6.45, 7) is 5.25. The van der Waals surface area contributed by atoms with Crippen molar-refractivity contribution in [1.29, 1.82) is 5.26 Å². The van der Waals surface area contributed by atoms with E-state index in [9.17, 15) is 20.0 Å². The Balaban J connectivity index is 1.45. The molecule has 42 heavy (non-hydrogen) atoms. The zero-order valence-electron chi connectivity index (χ0n) is 23.8. The molecule has 2 fully saturated rings. The highest BCUT2D eigenvalue weighted by atomic mass is 16.5. The van der Waals surface area contributed by atoms with Crippen molar-refractivity contribution in [2.45, 2.75) is 38.3 Å². The fourth-order valence-corrected chi connectivity index (χ4v) is 5.71. The number of rotatable bonds is 9. The van der Waals surface area contributed by atoms with Gasteiger partial charge in [0.1, 0.15) is 23.9 Å². The lowest BCUT2D eigenvalue weighted by atomic mass is 10.1. The van der Waals surface area contributed by atoms with Crippen molar-refractivity contribution < 1.29 is 24.2 Å². The maximum absolute atomic E-state index is 13.7. The van der Waals surface area contributed by atoms with Gasteiger partial charge in [-0.1, -0.05) is 31.2 Å². The van der Waals surface area contributed by atoms with Crippen LogP contribution in [0.15, 0.2) is 42.5 Å². The average molecular weight is 574 g/mol. The van der Waals surface area contributed by atoms with Crippen molar-refractivity contribution in [2.24, 2.45) is 0 Å². The molecule has 0 aliphatic carbocycles. The Labute approximate surface area is 244 Å². The molecule has 12 heteroatoms. The molecule has 0 radical (unpaired) electrons. The first-order valence-electron chi connectivity index (χ1n) is 14.2. The number of fused-ring (bicyclic) bond motifs is 1. The average Bonchev–Trinajstić information content (AvgIpc) is 3.47. The molecule has 2 N–H and O–H groups in total. The summed E-state index contributed by atoms with van der Waals surface area (Å²) in [6, 6.07) is 14.8. The number of aromatic nitrogens is 2. The molecule has 2 amide bonds. The molecule has 3 heterocycles. The SMILES string of the molecule is CCN1CCC[C@H]1COc1nc(C(=O)Nc2cc(OC)cc3ccccc23)cc(N2CCN(C(=O)O)[C@@H](CC#N)C2)n1. The van der Waals surface area contributed by atoms with Gasteiger partial charge in [-0.15, -0.1) is 0 Å². The molecule has 0 saturated carbocycles. The van der Waals surface area contributed by atoms with Crippen molar-refractivity contribution in [2.75, 3.05) is 56.7 Å². The Morgan fingerprint density at radius 2 is 1.98 bits per heavy atom. The van der Waals surface area contributed by atoms with Gasteiger partial charge in [-0.25, -0.2) is 4.79 Å². The van der Waals surface area contributed by atoms with E-state index in [0.29, 0.717) is 30.4 Å². The number of carbonyl (C=O) groups is 2. The lowest BCUT2D eigenvalue weighted by molar-refractivity contribution is 0.102. The highest BCUT2D eigenvalue weighted by Crippen LogP contribution is 2.30. The molecule has 2 aliphatic heterocycles. The lowest BCUT2D eigenvalue weighted by Gasteiger charge is -2.39. The van der Waals surface area contributed by atoms with Gasteiger partial charge in [0, 0.05) is 43.2 Å². The number of hydrogen-bond donors (Lipinski definition) is 2. The van der Waals surface area contributed by atoms with Crippen LogP contribution in [0, 0.1) is 11.3 Å². The lowest BCUT2D eigenvalue weighted by Crippen LogP contribution is -2.55. The van der Waals surface area contributed by atoms with E-state index in [1.54, 1.807) is 19.2 Å². The van der Waals surface area contributed by atoms with Gasteiger partial charge in [0.05, 0.1) is 31.3 Å². The van der Waals surface area contributed by atoms with E-state index in [4.69, 9.17) is 9.47 Å². The maximum Gasteiger partial charge on any atom is 0.407 e. The molecule has 1 aromatic heterocycles. The molecular weight excluding hydrogens is 538 g/mol. The Bertz CT molecular complexity index is 1490. The third kappa shape index (κ3) is 6.31. The maximum atomic E-state index is 13.7. The second kappa shape index (κ2) is 12.9. The van der Waals surface area contributed by atoms with Crippen molar-refractivity contribution in [3.05, 3.63) is 48.2 Å². The first-order valence-corrected chi connectivity index (χ1v) is 14.2. The third-order valence-electron chi connectivity index (χ3n) is 7.93. The van der Waals surface area contributed by atoms with Gasteiger partial charge in [0.25, 0.3) is 5.91 Å². The molecule has 0 bridgehead atoms. The smallest absolute Gasteiger partial charge is 0.407 e. The molecule has 5 rings (SSSR count). The van der Waals surface area contributed by atoms with Crippen LogP contribution >= 0.6 is 0 Å². The summed E-state index contributed by atoms with van der Waals surface area (Å²) in [5.74, 6) is 0.594. The first kappa shape index (κ1) is 28.9. The standard InChI is InChI=1S/C30H35N7O5/c1-3-35-12-6-8-22(35)19-42-29-33-26(17-27(34-29)36-13-14-37(30(39)40)21(18-36)10-11-31)28(38)32-25-16-23(41-2)15-20-7-4-5-9-24(20)25/h4-5,7,9,15-17,21-22H,3,6,8,10,12-14,18-19H2,1-2H3,(H,32,38)(H,39,40)/t21-,22-/m0/s1. The van der Waals surface area contributed by atoms with Crippen LogP contribution < -0.4 is 19.7 Å². The number of nitrogens with one attached hydrogen (secondary N) is 1. The van der Waals surface area contributed by atoms with Gasteiger partial charge in [0.2, 0.25) is 0 Å². The Kier molecular flexibility index (Phi) is 8.88. The van der Waals surface area contributed by atoms with E-state index >= 15 is 0 Å². The summed E-state index contributed by atoms with van der Waals surface area (Å²) in [4.78, 5) is 40.0. The van der Waals surface area contributed by atoms with E-state index in [1.807, 2.05) is 35.2 Å². The van der Waals surface area contributed by atoms with Crippen LogP contribution in [0.2, 0.25) is 0 Å². The number of nitrogens with zero attached hydrogens (tertiary/aromatic N) is 6. The summed E-state index contributed by atoms with van der Waals surface area (Å²) in [6.07, 6.45) is 1.09. The third-order valence-corrected chi connectivity index (χ3v) is 7.93. The van der Waals surface area contributed by atoms with Gasteiger partial charge in [0.15, 0.2) is 0 Å². The molecular formula is C30H35N7O5. The Morgan fingerprint density at radius 1 is 1.14 bits per heavy atom. The molecule has 2 aliphatic rings. The number of likely N-dealkylation sites (N-methyl/N-ethyl adjacent to an activating group) is 1. The van der Waals surface area contributed by atoms with Gasteiger partial charge in [-0.2, -0.15) is 15.2 Å². The number of amides is 2. The molecule has 12 nitrogen and oxygen atoms in total. The van der Waals surface area contributed by atoms with E-state index in [0.717, 1.165) is 36.7 Å². The highest BCUT2D eigenvalue weighted by molar-refractivity contribution is 6.09. The van der Waals surface area contributed by atoms with Gasteiger partial charge in [-0.3, -0.25) is 9.69 Å². The number of piperazine rings is 1. The molecule has 3 aromatic rings. The summed E-state index contributed by atoms with van der Waals surface area (Å²) in [7, 11) is 1.57. The number of ether oxygens (including phenoxy) is 2. The van der Waals surface area contributed by atoms with E-state index in [1.165, 1.54) is 4.90 Å². The van der Waals surface area contributed by atoms with Crippen LogP contribution in [0.1, 0.15) is 36.7 Å². The van der Waals surface area contributed by atoms with Crippen LogP contribution in [-0.2, 0) is 0 Å². The van der Waals surface area contributed by atoms with Gasteiger partial charge in [-0.05, 0) is 37.4 Å². The van der Waals surface area contributed by atoms with Crippen LogP contribution in [0.5, 0.6) is 11.8 Å². The molecule has 2 aromatic carbocycles. The minimum absolute atomic E-state index is 0.0437. The number of benzene rings is 2. The van der Waals surface area contributed by atoms with Crippen molar-refractivity contribution >= 4 is 34.3 Å². The minimum Gasteiger partial charge on any atom is -0.497 e. The number of hydrogen-bond acceptors (Lipinski definition) is 9. The van der Waals surface area contributed by atoms with Crippen molar-refractivity contribution in [3.8, 4) is 17.8 Å². The number of methoxy groups -OCH3 is 1. The predicted octanol–water partition coefficient (Wildman–Crippen LogP) is 3.84. The largest absolute Gasteiger partial charge is 0.497 e. The normalized spacial score (nSPS) is 19.0. The van der Waals surface area contributed by atoms with Crippen LogP contribution in [0.3, 0.4) is 0 Å². The Hall–Kier alpha value is -4.63. The monoisotopic (exact) mass is 573 g/mol. The molecule has 0 spiro atoms. The number of anilines is 2. The zero-order valence-corrected chi connectivity index (χ0v) is 23.8. The summed E-state index contributed by atoms with van der Waals surface area (Å²) in [5.41, 5.74) is 0.685. The number of carboxylic acid groups (broad SMARTS) is 1. The van der Waals surface area contributed by atoms with Crippen LogP contribution in [-0.4, -0.2) is 95.4 Å². The molecule has 2 atom stereocenters. The molecule has 0 unspecified atom stereocenters. The van der Waals surface area contributed by atoms with E-state index in [2.05, 4.69) is 33.2 Å². The van der Waals surface area contributed by atoms with Crippen LogP contribution in [0.25, 0.3) is 10.8 Å². The predicted molar refractivity (Wildman–Crippen MR) is 157 cm³/mol. The van der Waals surface area contributed by atoms with Gasteiger partial charge >= 0.3 is 12.1 Å². The quantitative estimate of drug-likeness (QED) is 0.387. The minimum atomic E-state index is -1.07. The van der Waals surface area contributed by atoms with E-state index < -0.39 is 18.0 Å². The summed E-state index contributed by atoms with van der Waals surface area (Å²) < 4.78 is 11.5. The molecule has 220 valence electrons. The Morgan fingerprint density at radius 3 is 2.74 bits per heavy atom. The second-order valence-electron chi connectivity index (χ2n) is 10.4. The summed E-state index contributed by atoms with van der Waals surface area (Å²) >= 11 is 0. The van der Waals surface area contributed by atoms with Crippen LogP contribution in [0.4, 0.5) is 16.3 Å². The first-order chi connectivity index (χ1) is 20.4. The number of likely N-dealkylation sites (tertiary alicyclic amines) is 1. The topological polar surface area (TPSA) is 144 Å². The van der Waals surface area contributed by atoms with Crippen molar-refractivity contribution in [3.63, 3.8) is 0 Å². The van der Waals surface area contributed by atoms with Crippen molar-refractivity contribution in [1.82, 2.24) is 19.8 Å².